The number of phenols is 1. The quantitative estimate of drug-likeness (QED) is 0.455. The lowest BCUT2D eigenvalue weighted by molar-refractivity contribution is 0.103. The van der Waals surface area contributed by atoms with Crippen molar-refractivity contribution in [3.8, 4) is 5.75 Å². The number of nitrogen functional groups attached to an aromatic ring is 2. The first-order valence-electron chi connectivity index (χ1n) is 5.66. The molecular formula is C14H11N3O2. The van der Waals surface area contributed by atoms with Crippen LogP contribution in [0.25, 0.3) is 0 Å². The van der Waals surface area contributed by atoms with E-state index in [2.05, 4.69) is 0 Å². The van der Waals surface area contributed by atoms with Crippen LogP contribution in [0.15, 0.2) is 30.3 Å². The summed E-state index contributed by atoms with van der Waals surface area (Å²) in [6, 6.07) is 7.67. The van der Waals surface area contributed by atoms with E-state index in [1.165, 1.54) is 6.07 Å². The lowest BCUT2D eigenvalue weighted by Crippen LogP contribution is -2.23. The van der Waals surface area contributed by atoms with Crippen LogP contribution in [0.4, 0.5) is 11.4 Å². The smallest absolute Gasteiger partial charge is 0.196 e. The van der Waals surface area contributed by atoms with Gasteiger partial charge < -0.3 is 16.6 Å². The first kappa shape index (κ1) is 11.3. The van der Waals surface area contributed by atoms with Crippen molar-refractivity contribution >= 4 is 22.9 Å². The van der Waals surface area contributed by atoms with Crippen molar-refractivity contribution in [1.29, 1.82) is 5.41 Å². The van der Waals surface area contributed by atoms with Crippen LogP contribution in [0.3, 0.4) is 0 Å². The van der Waals surface area contributed by atoms with Gasteiger partial charge >= 0.3 is 0 Å². The summed E-state index contributed by atoms with van der Waals surface area (Å²) in [4.78, 5) is 12.4. The van der Waals surface area contributed by atoms with E-state index in [0.29, 0.717) is 11.3 Å². The minimum atomic E-state index is -0.318. The van der Waals surface area contributed by atoms with Crippen molar-refractivity contribution in [2.45, 2.75) is 0 Å². The Morgan fingerprint density at radius 2 is 1.58 bits per heavy atom. The van der Waals surface area contributed by atoms with Crippen molar-refractivity contribution in [3.05, 3.63) is 52.6 Å². The number of hydrogen-bond donors (Lipinski definition) is 4. The second-order valence-electron chi connectivity index (χ2n) is 4.40. The molecule has 0 spiro atoms. The molecule has 5 nitrogen and oxygen atoms in total. The molecule has 0 amide bonds. The maximum atomic E-state index is 12.4. The zero-order chi connectivity index (χ0) is 13.7. The number of ketones is 1. The number of carbonyl (C=O) groups is 1. The fourth-order valence-electron chi connectivity index (χ4n) is 2.40. The van der Waals surface area contributed by atoms with Gasteiger partial charge in [-0.3, -0.25) is 10.2 Å². The number of anilines is 2. The topological polar surface area (TPSA) is 113 Å². The second kappa shape index (κ2) is 3.58. The molecule has 2 aromatic rings. The first-order valence-corrected chi connectivity index (χ1v) is 5.66. The van der Waals surface area contributed by atoms with Gasteiger partial charge in [-0.2, -0.15) is 0 Å². The number of nitrogens with two attached hydrogens (primary N) is 2. The Morgan fingerprint density at radius 1 is 0.947 bits per heavy atom. The maximum absolute atomic E-state index is 12.4. The molecule has 0 aliphatic heterocycles. The van der Waals surface area contributed by atoms with Gasteiger partial charge in [-0.1, -0.05) is 12.1 Å². The summed E-state index contributed by atoms with van der Waals surface area (Å²) in [5, 5.41) is 18.0. The largest absolute Gasteiger partial charge is 0.507 e. The molecule has 0 fully saturated rings. The fourth-order valence-corrected chi connectivity index (χ4v) is 2.40. The highest BCUT2D eigenvalue weighted by Crippen LogP contribution is 2.37. The molecule has 0 saturated carbocycles. The zero-order valence-electron chi connectivity index (χ0n) is 9.90. The summed E-state index contributed by atoms with van der Waals surface area (Å²) in [6.45, 7) is 0. The average molecular weight is 253 g/mol. The van der Waals surface area contributed by atoms with E-state index < -0.39 is 0 Å². The van der Waals surface area contributed by atoms with Gasteiger partial charge in [0.15, 0.2) is 5.78 Å². The molecule has 0 unspecified atom stereocenters. The zero-order valence-corrected chi connectivity index (χ0v) is 9.90. The van der Waals surface area contributed by atoms with Crippen LogP contribution in [0.5, 0.6) is 5.75 Å². The number of benzene rings is 2. The van der Waals surface area contributed by atoms with Crippen LogP contribution in [-0.2, 0) is 0 Å². The molecule has 5 heteroatoms. The molecule has 94 valence electrons. The van der Waals surface area contributed by atoms with Crippen molar-refractivity contribution in [1.82, 2.24) is 0 Å². The third-order valence-electron chi connectivity index (χ3n) is 3.28. The fraction of sp³-hybridized carbons (Fsp3) is 0. The Labute approximate surface area is 109 Å². The molecule has 0 aromatic heterocycles. The van der Waals surface area contributed by atoms with E-state index >= 15 is 0 Å². The minimum Gasteiger partial charge on any atom is -0.507 e. The van der Waals surface area contributed by atoms with Gasteiger partial charge in [0.05, 0.1) is 16.8 Å². The molecule has 19 heavy (non-hydrogen) atoms. The molecule has 0 radical (unpaired) electrons. The Kier molecular flexibility index (Phi) is 2.13. The van der Waals surface area contributed by atoms with Gasteiger partial charge in [-0.25, -0.2) is 0 Å². The Hall–Kier alpha value is -2.82. The van der Waals surface area contributed by atoms with Gasteiger partial charge in [-0.15, -0.1) is 0 Å². The predicted octanol–water partition coefficient (Wildman–Crippen LogP) is 1.52. The van der Waals surface area contributed by atoms with Crippen LogP contribution in [0, 0.1) is 5.41 Å². The van der Waals surface area contributed by atoms with E-state index in [1.54, 1.807) is 24.3 Å². The van der Waals surface area contributed by atoms with Crippen molar-refractivity contribution in [2.24, 2.45) is 0 Å². The summed E-state index contributed by atoms with van der Waals surface area (Å²) >= 11 is 0. The summed E-state index contributed by atoms with van der Waals surface area (Å²) in [7, 11) is 0. The Morgan fingerprint density at radius 3 is 2.26 bits per heavy atom. The van der Waals surface area contributed by atoms with Gasteiger partial charge in [0.1, 0.15) is 5.75 Å². The first-order chi connectivity index (χ1) is 9.02. The molecule has 0 atom stereocenters. The van der Waals surface area contributed by atoms with Crippen LogP contribution < -0.4 is 11.5 Å². The maximum Gasteiger partial charge on any atom is 0.196 e. The summed E-state index contributed by atoms with van der Waals surface area (Å²) in [6.07, 6.45) is 0. The molecule has 2 aromatic carbocycles. The van der Waals surface area contributed by atoms with Crippen LogP contribution in [0.1, 0.15) is 27.0 Å². The number of hydrogen-bond acceptors (Lipinski definition) is 5. The lowest BCUT2D eigenvalue weighted by Gasteiger charge is -2.22. The highest BCUT2D eigenvalue weighted by atomic mass is 16.3. The number of nitrogens with one attached hydrogen (secondary N) is 1. The van der Waals surface area contributed by atoms with E-state index in [0.717, 1.165) is 0 Å². The van der Waals surface area contributed by atoms with Crippen LogP contribution >= 0.6 is 0 Å². The SMILES string of the molecule is N=C1c2c(O)cccc2C(=O)c2c(N)ccc(N)c21. The molecule has 0 bridgehead atoms. The van der Waals surface area contributed by atoms with Gasteiger partial charge in [0.25, 0.3) is 0 Å². The van der Waals surface area contributed by atoms with E-state index in [1.807, 2.05) is 0 Å². The molecule has 0 heterocycles. The highest BCUT2D eigenvalue weighted by Gasteiger charge is 2.32. The van der Waals surface area contributed by atoms with E-state index in [-0.39, 0.29) is 39.6 Å². The minimum absolute atomic E-state index is 0.0208. The second-order valence-corrected chi connectivity index (χ2v) is 4.40. The number of phenolic OH excluding ortho intramolecular Hbond substituents is 1. The third kappa shape index (κ3) is 1.35. The predicted molar refractivity (Wildman–Crippen MR) is 72.7 cm³/mol. The van der Waals surface area contributed by atoms with E-state index in [4.69, 9.17) is 16.9 Å². The van der Waals surface area contributed by atoms with Gasteiger partial charge in [-0.05, 0) is 18.2 Å². The molecule has 1 aliphatic rings. The number of fused-ring (bicyclic) bond motifs is 2. The number of aromatic hydroxyl groups is 1. The van der Waals surface area contributed by atoms with Gasteiger partial charge in [0, 0.05) is 22.5 Å². The van der Waals surface area contributed by atoms with E-state index in [9.17, 15) is 9.90 Å². The molecular weight excluding hydrogens is 242 g/mol. The molecule has 1 aliphatic carbocycles. The summed E-state index contributed by atoms with van der Waals surface area (Å²) in [5.41, 5.74) is 13.3. The summed E-state index contributed by atoms with van der Waals surface area (Å²) in [5.74, 6) is -0.426. The van der Waals surface area contributed by atoms with Crippen molar-refractivity contribution in [3.63, 3.8) is 0 Å². The average Bonchev–Trinajstić information content (AvgIpc) is 2.38. The lowest BCUT2D eigenvalue weighted by atomic mass is 9.81. The highest BCUT2D eigenvalue weighted by molar-refractivity contribution is 6.33. The Balaban J connectivity index is 2.43. The monoisotopic (exact) mass is 253 g/mol. The molecule has 6 N–H and O–H groups in total. The molecule has 0 saturated heterocycles. The molecule has 3 rings (SSSR count). The standard InChI is InChI=1S/C14H11N3O2/c15-7-4-5-8(16)12-11(7)13(17)10-6(14(12)19)2-1-3-9(10)18/h1-5,17-18H,15-16H2. The third-order valence-corrected chi connectivity index (χ3v) is 3.28. The van der Waals surface area contributed by atoms with Crippen molar-refractivity contribution in [2.75, 3.05) is 11.5 Å². The van der Waals surface area contributed by atoms with Crippen molar-refractivity contribution < 1.29 is 9.90 Å². The van der Waals surface area contributed by atoms with Gasteiger partial charge in [0.2, 0.25) is 0 Å². The number of carbonyl (C=O) groups excluding carboxylic acids is 1. The van der Waals surface area contributed by atoms with Crippen LogP contribution in [-0.4, -0.2) is 16.6 Å². The normalized spacial score (nSPS) is 13.1. The number of rotatable bonds is 0. The Bertz CT molecular complexity index is 751. The summed E-state index contributed by atoms with van der Waals surface area (Å²) < 4.78 is 0. The van der Waals surface area contributed by atoms with Crippen LogP contribution in [0.2, 0.25) is 0 Å².